The van der Waals surface area contributed by atoms with Gasteiger partial charge < -0.3 is 0 Å². The van der Waals surface area contributed by atoms with Gasteiger partial charge in [0.25, 0.3) is 0 Å². The van der Waals surface area contributed by atoms with Gasteiger partial charge in [-0.3, -0.25) is 0 Å². The fourth-order valence-electron chi connectivity index (χ4n) is 2.49. The topological polar surface area (TPSA) is 0 Å². The number of unbranched alkanes of at least 4 members (excludes halogenated alkanes) is 2. The molecule has 1 rings (SSSR count). The summed E-state index contributed by atoms with van der Waals surface area (Å²) in [5.41, 5.74) is 0. The molecular formula is C14H29S+. The largest absolute Gasteiger partial charge is 0.118 e. The lowest BCUT2D eigenvalue weighted by atomic mass is 10.0. The predicted molar refractivity (Wildman–Crippen MR) is 73.8 cm³/mol. The molecule has 0 aromatic rings. The lowest BCUT2D eigenvalue weighted by molar-refractivity contribution is 0.512. The Morgan fingerprint density at radius 2 is 1.40 bits per heavy atom. The van der Waals surface area contributed by atoms with Crippen LogP contribution in [0.15, 0.2) is 0 Å². The normalized spacial score (nSPS) is 18.6. The summed E-state index contributed by atoms with van der Waals surface area (Å²) < 4.78 is 0. The second-order valence-corrected chi connectivity index (χ2v) is 7.47. The van der Waals surface area contributed by atoms with Crippen LogP contribution < -0.4 is 0 Å². The monoisotopic (exact) mass is 229 g/mol. The van der Waals surface area contributed by atoms with Gasteiger partial charge in [-0.1, -0.05) is 33.1 Å². The molecule has 0 atom stereocenters. The molecule has 0 heterocycles. The SMILES string of the molecule is CCCC[S+](CCCC)C1CCCCC1. The van der Waals surface area contributed by atoms with Crippen molar-refractivity contribution >= 4 is 10.9 Å². The Morgan fingerprint density at radius 1 is 0.867 bits per heavy atom. The van der Waals surface area contributed by atoms with Crippen LogP contribution in [0.3, 0.4) is 0 Å². The van der Waals surface area contributed by atoms with Crippen molar-refractivity contribution < 1.29 is 0 Å². The first-order chi connectivity index (χ1) is 7.38. The number of rotatable bonds is 7. The molecule has 0 bridgehead atoms. The van der Waals surface area contributed by atoms with Crippen molar-refractivity contribution in [2.45, 2.75) is 76.9 Å². The molecule has 1 aliphatic carbocycles. The van der Waals surface area contributed by atoms with Gasteiger partial charge in [0.05, 0.1) is 0 Å². The summed E-state index contributed by atoms with van der Waals surface area (Å²) in [7, 11) is 0.789. The molecule has 15 heavy (non-hydrogen) atoms. The van der Waals surface area contributed by atoms with Crippen LogP contribution in [0.4, 0.5) is 0 Å². The zero-order chi connectivity index (χ0) is 10.9. The maximum absolute atomic E-state index is 2.34. The van der Waals surface area contributed by atoms with Gasteiger partial charge in [0.2, 0.25) is 0 Å². The Balaban J connectivity index is 2.30. The molecule has 0 aromatic carbocycles. The molecule has 0 N–H and O–H groups in total. The van der Waals surface area contributed by atoms with E-state index in [1.807, 2.05) is 0 Å². The van der Waals surface area contributed by atoms with Crippen LogP contribution in [-0.2, 0) is 10.9 Å². The summed E-state index contributed by atoms with van der Waals surface area (Å²) >= 11 is 0. The molecule has 0 spiro atoms. The highest BCUT2D eigenvalue weighted by molar-refractivity contribution is 7.97. The highest BCUT2D eigenvalue weighted by atomic mass is 32.2. The zero-order valence-corrected chi connectivity index (χ0v) is 11.6. The Kier molecular flexibility index (Phi) is 7.60. The second-order valence-electron chi connectivity index (χ2n) is 4.91. The molecule has 0 amide bonds. The fourth-order valence-corrected chi connectivity index (χ4v) is 5.68. The maximum Gasteiger partial charge on any atom is 0.118 e. The Labute approximate surface area is 99.6 Å². The summed E-state index contributed by atoms with van der Waals surface area (Å²) in [5, 5.41) is 1.12. The van der Waals surface area contributed by atoms with Crippen LogP contribution >= 0.6 is 0 Å². The third-order valence-corrected chi connectivity index (χ3v) is 6.58. The molecule has 90 valence electrons. The first kappa shape index (κ1) is 13.4. The van der Waals surface area contributed by atoms with E-state index < -0.39 is 0 Å². The van der Waals surface area contributed by atoms with E-state index in [-0.39, 0.29) is 0 Å². The van der Waals surface area contributed by atoms with Crippen molar-refractivity contribution in [3.63, 3.8) is 0 Å². The summed E-state index contributed by atoms with van der Waals surface area (Å²) in [6.45, 7) is 4.67. The van der Waals surface area contributed by atoms with Crippen LogP contribution in [0, 0.1) is 0 Å². The highest BCUT2D eigenvalue weighted by Gasteiger charge is 2.30. The predicted octanol–water partition coefficient (Wildman–Crippen LogP) is 4.54. The van der Waals surface area contributed by atoms with E-state index in [4.69, 9.17) is 0 Å². The van der Waals surface area contributed by atoms with E-state index in [2.05, 4.69) is 13.8 Å². The van der Waals surface area contributed by atoms with E-state index in [1.165, 1.54) is 44.9 Å². The Bertz CT molecular complexity index is 130. The van der Waals surface area contributed by atoms with Crippen LogP contribution in [-0.4, -0.2) is 16.8 Å². The quantitative estimate of drug-likeness (QED) is 0.562. The smallest absolute Gasteiger partial charge is 0.0652 e. The maximum atomic E-state index is 2.34. The molecular weight excluding hydrogens is 200 g/mol. The molecule has 1 fully saturated rings. The zero-order valence-electron chi connectivity index (χ0n) is 10.8. The first-order valence-corrected chi connectivity index (χ1v) is 8.67. The number of hydrogen-bond acceptors (Lipinski definition) is 0. The van der Waals surface area contributed by atoms with E-state index in [0.717, 1.165) is 16.1 Å². The first-order valence-electron chi connectivity index (χ1n) is 7.04. The minimum Gasteiger partial charge on any atom is -0.0652 e. The Morgan fingerprint density at radius 3 is 1.87 bits per heavy atom. The lowest BCUT2D eigenvalue weighted by Gasteiger charge is -2.23. The van der Waals surface area contributed by atoms with Crippen molar-refractivity contribution in [1.82, 2.24) is 0 Å². The molecule has 0 nitrogen and oxygen atoms in total. The van der Waals surface area contributed by atoms with Gasteiger partial charge in [0.1, 0.15) is 16.8 Å². The van der Waals surface area contributed by atoms with Crippen LogP contribution in [0.5, 0.6) is 0 Å². The summed E-state index contributed by atoms with van der Waals surface area (Å²) in [4.78, 5) is 0. The molecule has 0 aliphatic heterocycles. The van der Waals surface area contributed by atoms with Gasteiger partial charge in [0.15, 0.2) is 0 Å². The average molecular weight is 229 g/mol. The minimum atomic E-state index is 0.789. The van der Waals surface area contributed by atoms with Gasteiger partial charge in [-0.15, -0.1) is 0 Å². The summed E-state index contributed by atoms with van der Waals surface area (Å²) in [6.07, 6.45) is 13.4. The third kappa shape index (κ3) is 5.29. The minimum absolute atomic E-state index is 0.789. The van der Waals surface area contributed by atoms with Gasteiger partial charge in [-0.25, -0.2) is 0 Å². The molecule has 0 radical (unpaired) electrons. The van der Waals surface area contributed by atoms with Crippen molar-refractivity contribution in [2.75, 3.05) is 11.5 Å². The average Bonchev–Trinajstić information content (AvgIpc) is 2.30. The van der Waals surface area contributed by atoms with Gasteiger partial charge in [-0.05, 0) is 49.4 Å². The van der Waals surface area contributed by atoms with Crippen molar-refractivity contribution in [3.8, 4) is 0 Å². The second kappa shape index (κ2) is 8.50. The summed E-state index contributed by atoms with van der Waals surface area (Å²) in [5.74, 6) is 3.09. The van der Waals surface area contributed by atoms with Crippen molar-refractivity contribution in [3.05, 3.63) is 0 Å². The van der Waals surface area contributed by atoms with E-state index in [1.54, 1.807) is 24.3 Å². The number of hydrogen-bond donors (Lipinski definition) is 0. The molecule has 0 unspecified atom stereocenters. The Hall–Kier alpha value is 0.350. The van der Waals surface area contributed by atoms with Crippen LogP contribution in [0.2, 0.25) is 0 Å². The van der Waals surface area contributed by atoms with Crippen molar-refractivity contribution in [1.29, 1.82) is 0 Å². The molecule has 0 saturated heterocycles. The van der Waals surface area contributed by atoms with Gasteiger partial charge in [0, 0.05) is 0 Å². The molecule has 1 heteroatoms. The van der Waals surface area contributed by atoms with Crippen LogP contribution in [0.1, 0.15) is 71.6 Å². The standard InChI is InChI=1S/C14H29S/c1-3-5-12-15(13-6-4-2)14-10-8-7-9-11-14/h14H,3-13H2,1-2H3/q+1. The summed E-state index contributed by atoms with van der Waals surface area (Å²) in [6, 6.07) is 0. The van der Waals surface area contributed by atoms with Crippen LogP contribution in [0.25, 0.3) is 0 Å². The van der Waals surface area contributed by atoms with Gasteiger partial charge in [-0.2, -0.15) is 0 Å². The molecule has 1 aliphatic rings. The molecule has 0 aromatic heterocycles. The third-order valence-electron chi connectivity index (χ3n) is 3.54. The lowest BCUT2D eigenvalue weighted by Crippen LogP contribution is -2.29. The van der Waals surface area contributed by atoms with E-state index in [9.17, 15) is 0 Å². The van der Waals surface area contributed by atoms with E-state index >= 15 is 0 Å². The fraction of sp³-hybridized carbons (Fsp3) is 1.00. The highest BCUT2D eigenvalue weighted by Crippen LogP contribution is 2.27. The molecule has 1 saturated carbocycles. The van der Waals surface area contributed by atoms with E-state index in [0.29, 0.717) is 0 Å². The van der Waals surface area contributed by atoms with Gasteiger partial charge >= 0.3 is 0 Å². The van der Waals surface area contributed by atoms with Crippen molar-refractivity contribution in [2.24, 2.45) is 0 Å².